The molecule has 1 aliphatic carbocycles. The first-order chi connectivity index (χ1) is 6.91. The Labute approximate surface area is 83.1 Å². The highest BCUT2D eigenvalue weighted by atomic mass is 16.7. The van der Waals surface area contributed by atoms with Crippen molar-refractivity contribution in [2.75, 3.05) is 13.2 Å². The molecular weight excluding hydrogens is 176 g/mol. The fraction of sp³-hybridized carbons (Fsp3) is 0.333. The van der Waals surface area contributed by atoms with Crippen LogP contribution in [0.3, 0.4) is 0 Å². The largest absolute Gasteiger partial charge is 0.343 e. The van der Waals surface area contributed by atoms with Gasteiger partial charge in [0.05, 0.1) is 13.2 Å². The minimum Gasteiger partial charge on any atom is -0.343 e. The van der Waals surface area contributed by atoms with Gasteiger partial charge in [-0.2, -0.15) is 0 Å². The Kier molecular flexibility index (Phi) is 1.72. The highest BCUT2D eigenvalue weighted by Crippen LogP contribution is 2.40. The molecule has 0 N–H and O–H groups in total. The average Bonchev–Trinajstić information content (AvgIpc) is 2.68. The molecule has 72 valence electrons. The van der Waals surface area contributed by atoms with Crippen molar-refractivity contribution in [1.82, 2.24) is 0 Å². The molecule has 1 saturated heterocycles. The van der Waals surface area contributed by atoms with E-state index >= 15 is 0 Å². The van der Waals surface area contributed by atoms with Crippen LogP contribution in [0.25, 0.3) is 6.08 Å². The van der Waals surface area contributed by atoms with Gasteiger partial charge in [-0.25, -0.2) is 0 Å². The highest BCUT2D eigenvalue weighted by Gasteiger charge is 2.40. The Morgan fingerprint density at radius 2 is 1.86 bits per heavy atom. The van der Waals surface area contributed by atoms with E-state index < -0.39 is 5.79 Å². The van der Waals surface area contributed by atoms with Gasteiger partial charge in [0.25, 0.3) is 0 Å². The van der Waals surface area contributed by atoms with Crippen molar-refractivity contribution < 1.29 is 9.47 Å². The van der Waals surface area contributed by atoms with Crippen LogP contribution in [-0.4, -0.2) is 13.2 Å². The molecule has 1 fully saturated rings. The first kappa shape index (κ1) is 8.21. The number of hydrogen-bond donors (Lipinski definition) is 0. The summed E-state index contributed by atoms with van der Waals surface area (Å²) < 4.78 is 11.5. The number of fused-ring (bicyclic) bond motifs is 2. The summed E-state index contributed by atoms with van der Waals surface area (Å²) in [6.45, 7) is 1.39. The standard InChI is InChI=1S/C12H12O2/c1-2-6-11-10(4-1)5-3-7-12(11)13-8-9-14-12/h1-6H,7-9H2. The first-order valence-corrected chi connectivity index (χ1v) is 4.95. The normalized spacial score (nSPS) is 22.6. The first-order valence-electron chi connectivity index (χ1n) is 4.95. The quantitative estimate of drug-likeness (QED) is 0.622. The summed E-state index contributed by atoms with van der Waals surface area (Å²) in [6, 6.07) is 8.25. The van der Waals surface area contributed by atoms with Crippen LogP contribution in [0.5, 0.6) is 0 Å². The van der Waals surface area contributed by atoms with E-state index in [0.29, 0.717) is 13.2 Å². The lowest BCUT2D eigenvalue weighted by atomic mass is 9.92. The molecule has 1 aliphatic heterocycles. The van der Waals surface area contributed by atoms with Crippen molar-refractivity contribution in [3.8, 4) is 0 Å². The number of hydrogen-bond acceptors (Lipinski definition) is 2. The van der Waals surface area contributed by atoms with E-state index in [1.807, 2.05) is 12.1 Å². The van der Waals surface area contributed by atoms with Crippen LogP contribution in [-0.2, 0) is 15.3 Å². The molecule has 0 radical (unpaired) electrons. The molecule has 1 spiro atoms. The molecule has 3 rings (SSSR count). The zero-order valence-corrected chi connectivity index (χ0v) is 7.90. The van der Waals surface area contributed by atoms with Gasteiger partial charge in [-0.3, -0.25) is 0 Å². The maximum absolute atomic E-state index is 5.73. The molecule has 2 aliphatic rings. The molecule has 0 amide bonds. The second kappa shape index (κ2) is 2.94. The lowest BCUT2D eigenvalue weighted by Crippen LogP contribution is -2.28. The zero-order valence-electron chi connectivity index (χ0n) is 7.90. The van der Waals surface area contributed by atoms with Crippen molar-refractivity contribution in [3.63, 3.8) is 0 Å². The molecule has 0 unspecified atom stereocenters. The number of benzene rings is 1. The van der Waals surface area contributed by atoms with Gasteiger partial charge in [0.2, 0.25) is 0 Å². The van der Waals surface area contributed by atoms with Crippen molar-refractivity contribution in [2.45, 2.75) is 12.2 Å². The molecule has 0 bridgehead atoms. The van der Waals surface area contributed by atoms with Crippen molar-refractivity contribution in [3.05, 3.63) is 41.5 Å². The molecule has 1 aromatic rings. The van der Waals surface area contributed by atoms with Crippen LogP contribution < -0.4 is 0 Å². The predicted molar refractivity (Wildman–Crippen MR) is 53.7 cm³/mol. The third-order valence-corrected chi connectivity index (χ3v) is 2.81. The van der Waals surface area contributed by atoms with Gasteiger partial charge in [-0.05, 0) is 5.56 Å². The lowest BCUT2D eigenvalue weighted by molar-refractivity contribution is -0.163. The Morgan fingerprint density at radius 3 is 2.71 bits per heavy atom. The van der Waals surface area contributed by atoms with E-state index in [1.165, 1.54) is 11.1 Å². The second-order valence-corrected chi connectivity index (χ2v) is 3.64. The average molecular weight is 188 g/mol. The molecule has 0 atom stereocenters. The monoisotopic (exact) mass is 188 g/mol. The van der Waals surface area contributed by atoms with Crippen molar-refractivity contribution in [2.24, 2.45) is 0 Å². The fourth-order valence-corrected chi connectivity index (χ4v) is 2.17. The van der Waals surface area contributed by atoms with Gasteiger partial charge in [-0.15, -0.1) is 0 Å². The van der Waals surface area contributed by atoms with Gasteiger partial charge in [-0.1, -0.05) is 36.4 Å². The molecule has 1 aromatic carbocycles. The number of ether oxygens (including phenoxy) is 2. The summed E-state index contributed by atoms with van der Waals surface area (Å²) >= 11 is 0. The molecule has 1 heterocycles. The van der Waals surface area contributed by atoms with E-state index in [1.54, 1.807) is 0 Å². The van der Waals surface area contributed by atoms with Crippen LogP contribution in [0.15, 0.2) is 30.3 Å². The van der Waals surface area contributed by atoms with E-state index in [0.717, 1.165) is 6.42 Å². The third-order valence-electron chi connectivity index (χ3n) is 2.81. The summed E-state index contributed by atoms with van der Waals surface area (Å²) in [7, 11) is 0. The second-order valence-electron chi connectivity index (χ2n) is 3.64. The summed E-state index contributed by atoms with van der Waals surface area (Å²) in [5.74, 6) is -0.481. The van der Waals surface area contributed by atoms with E-state index in [-0.39, 0.29) is 0 Å². The Bertz CT molecular complexity index is 376. The maximum atomic E-state index is 5.73. The summed E-state index contributed by atoms with van der Waals surface area (Å²) in [5, 5.41) is 0. The maximum Gasteiger partial charge on any atom is 0.199 e. The SMILES string of the molecule is C1=Cc2ccccc2C2(C1)OCCO2. The lowest BCUT2D eigenvalue weighted by Gasteiger charge is -2.30. The Hall–Kier alpha value is -1.12. The van der Waals surface area contributed by atoms with Crippen LogP contribution in [0, 0.1) is 0 Å². The highest BCUT2D eigenvalue weighted by molar-refractivity contribution is 5.58. The van der Waals surface area contributed by atoms with Gasteiger partial charge < -0.3 is 9.47 Å². The van der Waals surface area contributed by atoms with Crippen LogP contribution in [0.1, 0.15) is 17.5 Å². The summed E-state index contributed by atoms with van der Waals surface area (Å²) in [6.07, 6.45) is 5.07. The van der Waals surface area contributed by atoms with E-state index in [2.05, 4.69) is 24.3 Å². The van der Waals surface area contributed by atoms with Gasteiger partial charge in [0.15, 0.2) is 5.79 Å². The Morgan fingerprint density at radius 1 is 1.07 bits per heavy atom. The fourth-order valence-electron chi connectivity index (χ4n) is 2.17. The van der Waals surface area contributed by atoms with Crippen LogP contribution in [0.4, 0.5) is 0 Å². The van der Waals surface area contributed by atoms with Crippen molar-refractivity contribution >= 4 is 6.08 Å². The summed E-state index contributed by atoms with van der Waals surface area (Å²) in [5.41, 5.74) is 2.38. The number of rotatable bonds is 0. The van der Waals surface area contributed by atoms with Gasteiger partial charge >= 0.3 is 0 Å². The topological polar surface area (TPSA) is 18.5 Å². The van der Waals surface area contributed by atoms with Gasteiger partial charge in [0, 0.05) is 12.0 Å². The summed E-state index contributed by atoms with van der Waals surface area (Å²) in [4.78, 5) is 0. The van der Waals surface area contributed by atoms with Crippen molar-refractivity contribution in [1.29, 1.82) is 0 Å². The smallest absolute Gasteiger partial charge is 0.199 e. The molecule has 0 saturated carbocycles. The van der Waals surface area contributed by atoms with Crippen LogP contribution in [0.2, 0.25) is 0 Å². The zero-order chi connectivity index (χ0) is 9.43. The van der Waals surface area contributed by atoms with E-state index in [9.17, 15) is 0 Å². The van der Waals surface area contributed by atoms with Gasteiger partial charge in [0.1, 0.15) is 0 Å². The predicted octanol–water partition coefficient (Wildman–Crippen LogP) is 2.30. The molecular formula is C12H12O2. The van der Waals surface area contributed by atoms with Crippen LogP contribution >= 0.6 is 0 Å². The van der Waals surface area contributed by atoms with E-state index in [4.69, 9.17) is 9.47 Å². The molecule has 2 nitrogen and oxygen atoms in total. The third kappa shape index (κ3) is 1.04. The Balaban J connectivity index is 2.15. The molecule has 14 heavy (non-hydrogen) atoms. The minimum atomic E-state index is -0.481. The minimum absolute atomic E-state index is 0.481. The molecule has 2 heteroatoms. The molecule has 0 aromatic heterocycles.